The summed E-state index contributed by atoms with van der Waals surface area (Å²) in [6.07, 6.45) is 6.20. The van der Waals surface area contributed by atoms with Crippen LogP contribution < -0.4 is 5.73 Å². The number of benzene rings is 2. The van der Waals surface area contributed by atoms with E-state index in [2.05, 4.69) is 41.3 Å². The maximum atomic E-state index is 9.06. The molecule has 3 fully saturated rings. The van der Waals surface area contributed by atoms with Crippen molar-refractivity contribution in [2.75, 3.05) is 6.54 Å². The van der Waals surface area contributed by atoms with Gasteiger partial charge in [0.1, 0.15) is 0 Å². The molecule has 5 rings (SSSR count). The predicted octanol–water partition coefficient (Wildman–Crippen LogP) is 4.17. The fraction of sp³-hybridized carbons (Fsp3) is 0.435. The molecule has 1 aliphatic heterocycles. The minimum atomic E-state index is 0.0646. The van der Waals surface area contributed by atoms with E-state index in [4.69, 9.17) is 11.0 Å². The predicted molar refractivity (Wildman–Crippen MR) is 104 cm³/mol. The minimum absolute atomic E-state index is 0.0646. The fourth-order valence-electron chi connectivity index (χ4n) is 5.10. The molecule has 2 aliphatic carbocycles. The molecule has 0 spiro atoms. The molecule has 0 amide bonds. The number of nitriles is 1. The monoisotopic (exact) mass is 343 g/mol. The van der Waals surface area contributed by atoms with Gasteiger partial charge in [0.05, 0.1) is 11.6 Å². The van der Waals surface area contributed by atoms with Crippen molar-refractivity contribution >= 4 is 0 Å². The van der Waals surface area contributed by atoms with Crippen LogP contribution in [0.3, 0.4) is 0 Å². The first-order valence-corrected chi connectivity index (χ1v) is 9.80. The van der Waals surface area contributed by atoms with E-state index >= 15 is 0 Å². The molecular weight excluding hydrogens is 318 g/mol. The number of hydrogen-bond donors (Lipinski definition) is 1. The van der Waals surface area contributed by atoms with Crippen LogP contribution in [-0.4, -0.2) is 23.0 Å². The van der Waals surface area contributed by atoms with E-state index in [1.54, 1.807) is 0 Å². The van der Waals surface area contributed by atoms with Gasteiger partial charge in [-0.05, 0) is 72.4 Å². The molecule has 0 radical (unpaired) electrons. The van der Waals surface area contributed by atoms with E-state index in [1.807, 2.05) is 12.1 Å². The molecule has 3 heteroatoms. The van der Waals surface area contributed by atoms with Crippen LogP contribution in [0.1, 0.15) is 54.7 Å². The molecule has 0 aromatic heterocycles. The van der Waals surface area contributed by atoms with Crippen molar-refractivity contribution in [3.8, 4) is 17.2 Å². The van der Waals surface area contributed by atoms with Gasteiger partial charge in [0.15, 0.2) is 0 Å². The Hall–Kier alpha value is -2.15. The number of piperidine rings is 1. The van der Waals surface area contributed by atoms with Crippen LogP contribution in [0.25, 0.3) is 11.1 Å². The zero-order valence-electron chi connectivity index (χ0n) is 15.1. The second kappa shape index (κ2) is 5.94. The summed E-state index contributed by atoms with van der Waals surface area (Å²) in [4.78, 5) is 2.62. The van der Waals surface area contributed by atoms with Crippen LogP contribution in [0.15, 0.2) is 42.5 Å². The van der Waals surface area contributed by atoms with E-state index in [-0.39, 0.29) is 5.54 Å². The first kappa shape index (κ1) is 16.1. The number of nitrogens with zero attached hydrogens (tertiary/aromatic N) is 2. The van der Waals surface area contributed by atoms with Crippen LogP contribution in [0.5, 0.6) is 0 Å². The third-order valence-corrected chi connectivity index (χ3v) is 6.53. The highest BCUT2D eigenvalue weighted by Crippen LogP contribution is 2.47. The standard InChI is InChI=1S/C23H25N3/c24-13-16-4-6-17(7-5-16)21-3-1-2-19(22(21)18-8-9-18)14-26-15-23(25)11-10-20(26)12-23/h1-7,18,20H,8-12,14-15,25H2/t20-,23-/m0/s1. The van der Waals surface area contributed by atoms with Gasteiger partial charge in [0.2, 0.25) is 0 Å². The second-order valence-corrected chi connectivity index (χ2v) is 8.51. The lowest BCUT2D eigenvalue weighted by Crippen LogP contribution is -2.44. The maximum Gasteiger partial charge on any atom is 0.0991 e. The summed E-state index contributed by atoms with van der Waals surface area (Å²) in [5, 5.41) is 9.06. The van der Waals surface area contributed by atoms with Crippen LogP contribution >= 0.6 is 0 Å². The molecule has 2 N–H and O–H groups in total. The third kappa shape index (κ3) is 2.74. The number of rotatable bonds is 4. The van der Waals surface area contributed by atoms with Crippen molar-refractivity contribution < 1.29 is 0 Å². The molecule has 2 atom stereocenters. The topological polar surface area (TPSA) is 53.0 Å². The Labute approximate surface area is 155 Å². The molecule has 2 aromatic carbocycles. The van der Waals surface area contributed by atoms with Crippen LogP contribution in [0.2, 0.25) is 0 Å². The number of nitrogens with two attached hydrogens (primary N) is 1. The SMILES string of the molecule is N#Cc1ccc(-c2cccc(CN3C[C@]4(N)CC[C@H]3C4)c2C2CC2)cc1. The molecule has 2 saturated carbocycles. The lowest BCUT2D eigenvalue weighted by molar-refractivity contribution is 0.195. The first-order chi connectivity index (χ1) is 12.6. The van der Waals surface area contributed by atoms with E-state index < -0.39 is 0 Å². The minimum Gasteiger partial charge on any atom is -0.324 e. The molecule has 1 saturated heterocycles. The molecule has 3 nitrogen and oxygen atoms in total. The van der Waals surface area contributed by atoms with Crippen LogP contribution in [-0.2, 0) is 6.54 Å². The lowest BCUT2D eigenvalue weighted by Gasteiger charge is -2.31. The zero-order chi connectivity index (χ0) is 17.7. The van der Waals surface area contributed by atoms with Gasteiger partial charge in [0, 0.05) is 24.7 Å². The summed E-state index contributed by atoms with van der Waals surface area (Å²) in [5.74, 6) is 0.698. The van der Waals surface area contributed by atoms with Gasteiger partial charge in [-0.3, -0.25) is 4.90 Å². The van der Waals surface area contributed by atoms with Crippen LogP contribution in [0, 0.1) is 11.3 Å². The molecule has 132 valence electrons. The van der Waals surface area contributed by atoms with E-state index in [1.165, 1.54) is 54.4 Å². The van der Waals surface area contributed by atoms with Gasteiger partial charge >= 0.3 is 0 Å². The Balaban J connectivity index is 1.49. The average molecular weight is 343 g/mol. The Kier molecular flexibility index (Phi) is 3.67. The maximum absolute atomic E-state index is 9.06. The Morgan fingerprint density at radius 1 is 1.12 bits per heavy atom. The molecule has 3 aliphatic rings. The van der Waals surface area contributed by atoms with Gasteiger partial charge in [0.25, 0.3) is 0 Å². The highest BCUT2D eigenvalue weighted by molar-refractivity contribution is 5.71. The van der Waals surface area contributed by atoms with Crippen molar-refractivity contribution in [3.05, 3.63) is 59.2 Å². The summed E-state index contributed by atoms with van der Waals surface area (Å²) in [7, 11) is 0. The van der Waals surface area contributed by atoms with Crippen molar-refractivity contribution in [3.63, 3.8) is 0 Å². The van der Waals surface area contributed by atoms with Crippen molar-refractivity contribution in [1.29, 1.82) is 5.26 Å². The average Bonchev–Trinajstić information content (AvgIpc) is 3.36. The normalized spacial score (nSPS) is 27.6. The second-order valence-electron chi connectivity index (χ2n) is 8.51. The van der Waals surface area contributed by atoms with Crippen molar-refractivity contribution in [2.45, 2.75) is 56.1 Å². The van der Waals surface area contributed by atoms with E-state index in [9.17, 15) is 0 Å². The highest BCUT2D eigenvalue weighted by Gasteiger charge is 2.46. The lowest BCUT2D eigenvalue weighted by atomic mass is 9.91. The fourth-order valence-corrected chi connectivity index (χ4v) is 5.10. The molecule has 26 heavy (non-hydrogen) atoms. The van der Waals surface area contributed by atoms with E-state index in [0.717, 1.165) is 18.7 Å². The third-order valence-electron chi connectivity index (χ3n) is 6.53. The molecular formula is C23H25N3. The molecule has 1 heterocycles. The number of likely N-dealkylation sites (tertiary alicyclic amines) is 1. The smallest absolute Gasteiger partial charge is 0.0991 e. The van der Waals surface area contributed by atoms with Gasteiger partial charge in [-0.1, -0.05) is 30.3 Å². The molecule has 0 unspecified atom stereocenters. The molecule has 2 aromatic rings. The number of hydrogen-bond acceptors (Lipinski definition) is 3. The van der Waals surface area contributed by atoms with Crippen LogP contribution in [0.4, 0.5) is 0 Å². The Bertz CT molecular complexity index is 875. The van der Waals surface area contributed by atoms with Gasteiger partial charge in [-0.2, -0.15) is 5.26 Å². The van der Waals surface area contributed by atoms with Gasteiger partial charge in [-0.25, -0.2) is 0 Å². The largest absolute Gasteiger partial charge is 0.324 e. The Morgan fingerprint density at radius 3 is 2.54 bits per heavy atom. The summed E-state index contributed by atoms with van der Waals surface area (Å²) >= 11 is 0. The van der Waals surface area contributed by atoms with E-state index in [0.29, 0.717) is 12.0 Å². The van der Waals surface area contributed by atoms with Crippen molar-refractivity contribution in [1.82, 2.24) is 4.90 Å². The summed E-state index contributed by atoms with van der Waals surface area (Å²) in [5.41, 5.74) is 12.9. The summed E-state index contributed by atoms with van der Waals surface area (Å²) in [6, 6.07) is 17.7. The van der Waals surface area contributed by atoms with Gasteiger partial charge < -0.3 is 5.73 Å². The summed E-state index contributed by atoms with van der Waals surface area (Å²) < 4.78 is 0. The highest BCUT2D eigenvalue weighted by atomic mass is 15.2. The van der Waals surface area contributed by atoms with Crippen molar-refractivity contribution in [2.24, 2.45) is 5.73 Å². The zero-order valence-corrected chi connectivity index (χ0v) is 15.1. The number of fused-ring (bicyclic) bond motifs is 2. The summed E-state index contributed by atoms with van der Waals surface area (Å²) in [6.45, 7) is 2.07. The molecule has 2 bridgehead atoms. The Morgan fingerprint density at radius 2 is 1.92 bits per heavy atom. The quantitative estimate of drug-likeness (QED) is 0.906. The van der Waals surface area contributed by atoms with Gasteiger partial charge in [-0.15, -0.1) is 0 Å². The first-order valence-electron chi connectivity index (χ1n) is 9.80.